The molecule has 27 heavy (non-hydrogen) atoms. The lowest BCUT2D eigenvalue weighted by Crippen LogP contribution is -2.14. The fourth-order valence-electron chi connectivity index (χ4n) is 2.51. The number of imidazole rings is 1. The minimum absolute atomic E-state index is 0.0184. The average Bonchev–Trinajstić information content (AvgIpc) is 3.09. The van der Waals surface area contributed by atoms with E-state index in [1.165, 1.54) is 47.4 Å². The first-order chi connectivity index (χ1) is 12.9. The van der Waals surface area contributed by atoms with Gasteiger partial charge in [0.25, 0.3) is 0 Å². The highest BCUT2D eigenvalue weighted by atomic mass is 19.1. The Labute approximate surface area is 152 Å². The smallest absolute Gasteiger partial charge is 0.367 e. The number of halogens is 3. The Morgan fingerprint density at radius 1 is 1.11 bits per heavy atom. The summed E-state index contributed by atoms with van der Waals surface area (Å²) in [7, 11) is 0. The number of aromatic nitrogens is 2. The number of hydrogen-bond acceptors (Lipinski definition) is 4. The summed E-state index contributed by atoms with van der Waals surface area (Å²) in [5.74, 6) is -2.28. The lowest BCUT2D eigenvalue weighted by Gasteiger charge is -2.19. The second-order valence-corrected chi connectivity index (χ2v) is 5.78. The molecule has 0 radical (unpaired) electrons. The number of hydrogen-bond donors (Lipinski definition) is 0. The molecule has 1 aromatic heterocycles. The molecule has 140 valence electrons. The van der Waals surface area contributed by atoms with Crippen molar-refractivity contribution >= 4 is 5.82 Å². The monoisotopic (exact) mass is 377 g/mol. The maximum Gasteiger partial charge on any atom is 0.381 e. The van der Waals surface area contributed by atoms with Gasteiger partial charge in [0.15, 0.2) is 0 Å². The van der Waals surface area contributed by atoms with Crippen molar-refractivity contribution in [3.8, 4) is 0 Å². The third-order valence-electron chi connectivity index (χ3n) is 3.86. The summed E-state index contributed by atoms with van der Waals surface area (Å²) in [6, 6.07) is 8.68. The van der Waals surface area contributed by atoms with Crippen molar-refractivity contribution in [1.29, 1.82) is 0 Å². The molecule has 1 unspecified atom stereocenters. The van der Waals surface area contributed by atoms with Crippen LogP contribution in [0.1, 0.15) is 17.2 Å². The van der Waals surface area contributed by atoms with Crippen molar-refractivity contribution in [2.45, 2.75) is 19.3 Å². The van der Waals surface area contributed by atoms with Crippen molar-refractivity contribution < 1.29 is 22.8 Å². The minimum Gasteiger partial charge on any atom is -0.367 e. The van der Waals surface area contributed by atoms with Crippen molar-refractivity contribution in [2.24, 2.45) is 0 Å². The van der Waals surface area contributed by atoms with Gasteiger partial charge in [0, 0.05) is 11.6 Å². The molecule has 9 heteroatoms. The summed E-state index contributed by atoms with van der Waals surface area (Å²) < 4.78 is 47.6. The molecule has 1 atom stereocenters. The van der Waals surface area contributed by atoms with Crippen molar-refractivity contribution in [1.82, 2.24) is 9.55 Å². The lowest BCUT2D eigenvalue weighted by atomic mass is 10.1. The summed E-state index contributed by atoms with van der Waals surface area (Å²) in [5.41, 5.74) is 0.746. The maximum absolute atomic E-state index is 14.2. The first kappa shape index (κ1) is 18.6. The number of nitro groups is 1. The third kappa shape index (κ3) is 4.70. The number of ether oxygens (including phenoxy) is 1. The van der Waals surface area contributed by atoms with E-state index in [1.807, 2.05) is 0 Å². The molecule has 1 heterocycles. The van der Waals surface area contributed by atoms with Gasteiger partial charge in [-0.15, -0.1) is 0 Å². The predicted molar refractivity (Wildman–Crippen MR) is 89.2 cm³/mol. The average molecular weight is 377 g/mol. The maximum atomic E-state index is 14.2. The van der Waals surface area contributed by atoms with Crippen LogP contribution in [0.4, 0.5) is 19.0 Å². The minimum atomic E-state index is -0.871. The van der Waals surface area contributed by atoms with Crippen molar-refractivity contribution in [3.05, 3.63) is 93.7 Å². The number of rotatable bonds is 7. The molecule has 0 aliphatic rings. The van der Waals surface area contributed by atoms with Gasteiger partial charge in [-0.2, -0.15) is 0 Å². The van der Waals surface area contributed by atoms with Gasteiger partial charge in [0.2, 0.25) is 6.33 Å². The lowest BCUT2D eigenvalue weighted by molar-refractivity contribution is -0.389. The molecular formula is C18H14F3N3O3. The van der Waals surface area contributed by atoms with Crippen LogP contribution in [-0.2, 0) is 17.9 Å². The Morgan fingerprint density at radius 3 is 2.44 bits per heavy atom. The van der Waals surface area contributed by atoms with E-state index in [4.69, 9.17) is 4.74 Å². The molecule has 0 aliphatic heterocycles. The van der Waals surface area contributed by atoms with E-state index in [-0.39, 0.29) is 24.5 Å². The number of nitrogens with zero attached hydrogens (tertiary/aromatic N) is 3. The topological polar surface area (TPSA) is 70.2 Å². The van der Waals surface area contributed by atoms with E-state index < -0.39 is 28.5 Å². The van der Waals surface area contributed by atoms with Gasteiger partial charge in [-0.25, -0.2) is 13.2 Å². The van der Waals surface area contributed by atoms with E-state index in [9.17, 15) is 23.3 Å². The SMILES string of the molecule is O=[N+]([O-])c1cn(CC(OCc2ccc(F)cc2)c2ccc(F)cc2F)cn1. The van der Waals surface area contributed by atoms with Crippen LogP contribution in [0.2, 0.25) is 0 Å². The van der Waals surface area contributed by atoms with Gasteiger partial charge in [0.05, 0.1) is 13.2 Å². The molecule has 3 aromatic rings. The molecule has 0 amide bonds. The highest BCUT2D eigenvalue weighted by Crippen LogP contribution is 2.25. The van der Waals surface area contributed by atoms with Gasteiger partial charge < -0.3 is 19.4 Å². The Morgan fingerprint density at radius 2 is 1.81 bits per heavy atom. The zero-order chi connectivity index (χ0) is 19.4. The summed E-state index contributed by atoms with van der Waals surface area (Å²) >= 11 is 0. The van der Waals surface area contributed by atoms with Gasteiger partial charge in [-0.05, 0) is 33.7 Å². The van der Waals surface area contributed by atoms with Crippen LogP contribution in [0.15, 0.2) is 55.0 Å². The molecule has 0 saturated heterocycles. The van der Waals surface area contributed by atoms with Crippen LogP contribution in [-0.4, -0.2) is 14.5 Å². The predicted octanol–water partition coefficient (Wildman–Crippen LogP) is 4.17. The highest BCUT2D eigenvalue weighted by molar-refractivity contribution is 5.22. The van der Waals surface area contributed by atoms with Gasteiger partial charge in [0.1, 0.15) is 29.8 Å². The van der Waals surface area contributed by atoms with Crippen molar-refractivity contribution in [3.63, 3.8) is 0 Å². The molecular weight excluding hydrogens is 363 g/mol. The molecule has 0 saturated carbocycles. The summed E-state index contributed by atoms with van der Waals surface area (Å²) in [6.07, 6.45) is 1.55. The molecule has 6 nitrogen and oxygen atoms in total. The van der Waals surface area contributed by atoms with E-state index in [0.29, 0.717) is 5.56 Å². The van der Waals surface area contributed by atoms with E-state index in [2.05, 4.69) is 4.98 Å². The van der Waals surface area contributed by atoms with E-state index in [1.54, 1.807) is 0 Å². The first-order valence-electron chi connectivity index (χ1n) is 7.89. The van der Waals surface area contributed by atoms with E-state index in [0.717, 1.165) is 12.1 Å². The second kappa shape index (κ2) is 8.00. The Hall–Kier alpha value is -3.20. The Kier molecular flexibility index (Phi) is 5.51. The van der Waals surface area contributed by atoms with Crippen LogP contribution in [0.5, 0.6) is 0 Å². The zero-order valence-electron chi connectivity index (χ0n) is 13.9. The molecule has 0 bridgehead atoms. The van der Waals surface area contributed by atoms with Crippen LogP contribution in [0, 0.1) is 27.6 Å². The second-order valence-electron chi connectivity index (χ2n) is 5.78. The third-order valence-corrected chi connectivity index (χ3v) is 3.86. The molecule has 3 rings (SSSR count). The van der Waals surface area contributed by atoms with Gasteiger partial charge in [-0.3, -0.25) is 0 Å². The molecule has 0 N–H and O–H groups in total. The van der Waals surface area contributed by atoms with Crippen LogP contribution >= 0.6 is 0 Å². The van der Waals surface area contributed by atoms with E-state index >= 15 is 0 Å². The fraction of sp³-hybridized carbons (Fsp3) is 0.167. The molecule has 2 aromatic carbocycles. The molecule has 0 aliphatic carbocycles. The van der Waals surface area contributed by atoms with Crippen LogP contribution in [0.3, 0.4) is 0 Å². The highest BCUT2D eigenvalue weighted by Gasteiger charge is 2.20. The van der Waals surface area contributed by atoms with Gasteiger partial charge >= 0.3 is 5.82 Å². The van der Waals surface area contributed by atoms with Crippen molar-refractivity contribution in [2.75, 3.05) is 0 Å². The summed E-state index contributed by atoms with van der Waals surface area (Å²) in [5, 5.41) is 10.8. The van der Waals surface area contributed by atoms with Crippen LogP contribution < -0.4 is 0 Å². The van der Waals surface area contributed by atoms with Gasteiger partial charge in [-0.1, -0.05) is 18.2 Å². The normalized spacial score (nSPS) is 12.1. The summed E-state index contributed by atoms with van der Waals surface area (Å²) in [6.45, 7) is 0.0587. The largest absolute Gasteiger partial charge is 0.381 e. The fourth-order valence-corrected chi connectivity index (χ4v) is 2.51. The number of benzene rings is 2. The Bertz CT molecular complexity index is 945. The van der Waals surface area contributed by atoms with Crippen LogP contribution in [0.25, 0.3) is 0 Å². The standard InChI is InChI=1S/C18H14F3N3O3/c19-13-3-1-12(2-4-13)10-27-17(15-6-5-14(20)7-16(15)21)8-23-9-18(22-11-23)24(25)26/h1-7,9,11,17H,8,10H2. The quantitative estimate of drug-likeness (QED) is 0.458. The first-order valence-corrected chi connectivity index (χ1v) is 7.89. The summed E-state index contributed by atoms with van der Waals surface area (Å²) in [4.78, 5) is 13.8. The zero-order valence-corrected chi connectivity index (χ0v) is 13.9. The molecule has 0 spiro atoms. The molecule has 0 fully saturated rings. The Balaban J connectivity index is 1.82.